The van der Waals surface area contributed by atoms with Gasteiger partial charge < -0.3 is 19.5 Å². The van der Waals surface area contributed by atoms with Crippen molar-refractivity contribution >= 4 is 0 Å². The third kappa shape index (κ3) is 3.60. The molecular weight excluding hydrogens is 170 g/mol. The Kier molecular flexibility index (Phi) is 5.31. The molecule has 0 aromatic heterocycles. The summed E-state index contributed by atoms with van der Waals surface area (Å²) in [4.78, 5) is 0. The minimum absolute atomic E-state index is 0.133. The van der Waals surface area contributed by atoms with Gasteiger partial charge in [0.15, 0.2) is 0 Å². The fourth-order valence-electron chi connectivity index (χ4n) is 1.48. The van der Waals surface area contributed by atoms with Crippen molar-refractivity contribution in [1.82, 2.24) is 5.32 Å². The molecule has 0 saturated carbocycles. The zero-order valence-electron chi connectivity index (χ0n) is 8.41. The first-order valence-electron chi connectivity index (χ1n) is 4.80. The first kappa shape index (κ1) is 10.9. The van der Waals surface area contributed by atoms with Crippen LogP contribution in [-0.4, -0.2) is 52.2 Å². The molecule has 0 aromatic carbocycles. The SMILES string of the molecule is CCNC(COC)C1COCCO1. The van der Waals surface area contributed by atoms with Gasteiger partial charge in [-0.2, -0.15) is 0 Å². The van der Waals surface area contributed by atoms with Crippen LogP contribution in [0.3, 0.4) is 0 Å². The van der Waals surface area contributed by atoms with Crippen LogP contribution in [0.2, 0.25) is 0 Å². The predicted octanol–water partition coefficient (Wildman–Crippen LogP) is 0.0263. The standard InChI is InChI=1S/C9H19NO3/c1-3-10-8(6-11-2)9-7-12-4-5-13-9/h8-10H,3-7H2,1-2H3. The number of likely N-dealkylation sites (N-methyl/N-ethyl adjacent to an activating group) is 1. The van der Waals surface area contributed by atoms with E-state index in [-0.39, 0.29) is 12.1 Å². The van der Waals surface area contributed by atoms with E-state index in [1.54, 1.807) is 7.11 Å². The van der Waals surface area contributed by atoms with Crippen LogP contribution in [0.4, 0.5) is 0 Å². The topological polar surface area (TPSA) is 39.7 Å². The maximum atomic E-state index is 5.58. The quantitative estimate of drug-likeness (QED) is 0.662. The molecule has 1 aliphatic rings. The van der Waals surface area contributed by atoms with Crippen LogP contribution < -0.4 is 5.32 Å². The van der Waals surface area contributed by atoms with E-state index in [0.717, 1.165) is 6.54 Å². The van der Waals surface area contributed by atoms with E-state index in [9.17, 15) is 0 Å². The highest BCUT2D eigenvalue weighted by Gasteiger charge is 2.23. The molecule has 4 heteroatoms. The zero-order chi connectivity index (χ0) is 9.52. The van der Waals surface area contributed by atoms with Crippen LogP contribution in [-0.2, 0) is 14.2 Å². The van der Waals surface area contributed by atoms with Gasteiger partial charge in [0.25, 0.3) is 0 Å². The average Bonchev–Trinajstić information content (AvgIpc) is 2.19. The molecule has 1 saturated heterocycles. The normalized spacial score (nSPS) is 25.8. The monoisotopic (exact) mass is 189 g/mol. The highest BCUT2D eigenvalue weighted by atomic mass is 16.6. The van der Waals surface area contributed by atoms with E-state index in [1.165, 1.54) is 0 Å². The van der Waals surface area contributed by atoms with Gasteiger partial charge in [0.05, 0.1) is 38.6 Å². The Morgan fingerprint density at radius 1 is 1.54 bits per heavy atom. The van der Waals surface area contributed by atoms with Crippen molar-refractivity contribution in [2.75, 3.05) is 40.1 Å². The molecule has 0 amide bonds. The third-order valence-electron chi connectivity index (χ3n) is 2.10. The lowest BCUT2D eigenvalue weighted by atomic mass is 10.1. The van der Waals surface area contributed by atoms with Crippen molar-refractivity contribution < 1.29 is 14.2 Å². The molecule has 13 heavy (non-hydrogen) atoms. The molecule has 78 valence electrons. The van der Waals surface area contributed by atoms with Gasteiger partial charge >= 0.3 is 0 Å². The van der Waals surface area contributed by atoms with E-state index in [2.05, 4.69) is 12.2 Å². The molecule has 0 radical (unpaired) electrons. The number of ether oxygens (including phenoxy) is 3. The van der Waals surface area contributed by atoms with Gasteiger partial charge in [0, 0.05) is 7.11 Å². The Bertz CT molecular complexity index is 120. The summed E-state index contributed by atoms with van der Waals surface area (Å²) in [6.07, 6.45) is 0.133. The molecule has 1 N–H and O–H groups in total. The van der Waals surface area contributed by atoms with E-state index in [4.69, 9.17) is 14.2 Å². The fraction of sp³-hybridized carbons (Fsp3) is 1.00. The Morgan fingerprint density at radius 3 is 2.92 bits per heavy atom. The van der Waals surface area contributed by atoms with Crippen LogP contribution in [0, 0.1) is 0 Å². The summed E-state index contributed by atoms with van der Waals surface area (Å²) in [5.41, 5.74) is 0. The summed E-state index contributed by atoms with van der Waals surface area (Å²) >= 11 is 0. The molecule has 1 rings (SSSR count). The zero-order valence-corrected chi connectivity index (χ0v) is 8.41. The lowest BCUT2D eigenvalue weighted by Crippen LogP contribution is -2.49. The van der Waals surface area contributed by atoms with E-state index in [0.29, 0.717) is 26.4 Å². The molecule has 0 bridgehead atoms. The number of methoxy groups -OCH3 is 1. The second-order valence-electron chi connectivity index (χ2n) is 3.10. The minimum atomic E-state index is 0.133. The van der Waals surface area contributed by atoms with Gasteiger partial charge in [-0.25, -0.2) is 0 Å². The lowest BCUT2D eigenvalue weighted by Gasteiger charge is -2.30. The summed E-state index contributed by atoms with van der Waals surface area (Å²) in [5.74, 6) is 0. The number of hydrogen-bond donors (Lipinski definition) is 1. The second kappa shape index (κ2) is 6.32. The van der Waals surface area contributed by atoms with Crippen LogP contribution >= 0.6 is 0 Å². The summed E-state index contributed by atoms with van der Waals surface area (Å²) < 4.78 is 16.0. The Morgan fingerprint density at radius 2 is 2.38 bits per heavy atom. The van der Waals surface area contributed by atoms with Crippen molar-refractivity contribution in [3.8, 4) is 0 Å². The highest BCUT2D eigenvalue weighted by molar-refractivity contribution is 4.77. The molecule has 0 spiro atoms. The summed E-state index contributed by atoms with van der Waals surface area (Å²) in [6.45, 7) is 5.74. The van der Waals surface area contributed by atoms with Gasteiger partial charge in [-0.3, -0.25) is 0 Å². The Hall–Kier alpha value is -0.160. The average molecular weight is 189 g/mol. The molecule has 2 unspecified atom stereocenters. The van der Waals surface area contributed by atoms with E-state index in [1.807, 2.05) is 0 Å². The van der Waals surface area contributed by atoms with Crippen molar-refractivity contribution in [1.29, 1.82) is 0 Å². The van der Waals surface area contributed by atoms with Gasteiger partial charge in [-0.15, -0.1) is 0 Å². The highest BCUT2D eigenvalue weighted by Crippen LogP contribution is 2.06. The minimum Gasteiger partial charge on any atom is -0.383 e. The smallest absolute Gasteiger partial charge is 0.0984 e. The Balaban J connectivity index is 2.32. The van der Waals surface area contributed by atoms with Gasteiger partial charge in [0.2, 0.25) is 0 Å². The largest absolute Gasteiger partial charge is 0.383 e. The first-order chi connectivity index (χ1) is 6.38. The van der Waals surface area contributed by atoms with Crippen LogP contribution in [0.25, 0.3) is 0 Å². The van der Waals surface area contributed by atoms with Crippen molar-refractivity contribution in [2.45, 2.75) is 19.1 Å². The molecule has 0 aromatic rings. The summed E-state index contributed by atoms with van der Waals surface area (Å²) in [6, 6.07) is 0.246. The summed E-state index contributed by atoms with van der Waals surface area (Å²) in [7, 11) is 1.70. The Labute approximate surface area is 79.5 Å². The van der Waals surface area contributed by atoms with Gasteiger partial charge in [0.1, 0.15) is 0 Å². The number of hydrogen-bond acceptors (Lipinski definition) is 4. The molecule has 1 aliphatic heterocycles. The first-order valence-corrected chi connectivity index (χ1v) is 4.80. The third-order valence-corrected chi connectivity index (χ3v) is 2.10. The van der Waals surface area contributed by atoms with Gasteiger partial charge in [-0.1, -0.05) is 6.92 Å². The lowest BCUT2D eigenvalue weighted by molar-refractivity contribution is -0.108. The van der Waals surface area contributed by atoms with Crippen molar-refractivity contribution in [3.63, 3.8) is 0 Å². The maximum Gasteiger partial charge on any atom is 0.0984 e. The maximum absolute atomic E-state index is 5.58. The predicted molar refractivity (Wildman–Crippen MR) is 49.9 cm³/mol. The molecule has 1 heterocycles. The van der Waals surface area contributed by atoms with Crippen LogP contribution in [0.1, 0.15) is 6.92 Å². The summed E-state index contributed by atoms with van der Waals surface area (Å²) in [5, 5.41) is 3.32. The molecule has 2 atom stereocenters. The molecule has 1 fully saturated rings. The molecular formula is C9H19NO3. The second-order valence-corrected chi connectivity index (χ2v) is 3.10. The van der Waals surface area contributed by atoms with Crippen molar-refractivity contribution in [2.24, 2.45) is 0 Å². The van der Waals surface area contributed by atoms with Crippen LogP contribution in [0.5, 0.6) is 0 Å². The van der Waals surface area contributed by atoms with Crippen molar-refractivity contribution in [3.05, 3.63) is 0 Å². The van der Waals surface area contributed by atoms with E-state index < -0.39 is 0 Å². The molecule has 0 aliphatic carbocycles. The fourth-order valence-corrected chi connectivity index (χ4v) is 1.48. The van der Waals surface area contributed by atoms with Gasteiger partial charge in [-0.05, 0) is 6.54 Å². The number of nitrogens with one attached hydrogen (secondary N) is 1. The van der Waals surface area contributed by atoms with Crippen LogP contribution in [0.15, 0.2) is 0 Å². The van der Waals surface area contributed by atoms with E-state index >= 15 is 0 Å². The number of rotatable bonds is 5. The molecule has 4 nitrogen and oxygen atoms in total.